The van der Waals surface area contributed by atoms with E-state index in [1.807, 2.05) is 52.8 Å². The molecule has 0 saturated carbocycles. The molecule has 0 fully saturated rings. The van der Waals surface area contributed by atoms with Crippen molar-refractivity contribution in [2.24, 2.45) is 29.6 Å². The molecule has 0 spiro atoms. The first-order chi connectivity index (χ1) is 29.6. The summed E-state index contributed by atoms with van der Waals surface area (Å²) < 4.78 is 41.0. The molecule has 1 aliphatic rings. The number of nitrogens with zero attached hydrogens (tertiary/aromatic N) is 4. The zero-order valence-electron chi connectivity index (χ0n) is 37.8. The SMILES string of the molecule is CO[C@H]1CC=Cc2nc(co2)-c2nc(co2)-c2nc(co2)[C@H](OC)[C@@H](C)[C@@H](O)C[C@@H](C)C[C@H](O)CC(=O)O[C@@H](C[C@H](OC)[C@@H](C)CCC(=O)/C(C)=C/[C@H](C)/C=C/N(C)C=O)[C@@H]1C. The Balaban J connectivity index is 1.55. The average Bonchev–Trinajstić information content (AvgIpc) is 4.03. The van der Waals surface area contributed by atoms with Gasteiger partial charge in [0.1, 0.15) is 36.7 Å². The molecule has 0 unspecified atom stereocenters. The van der Waals surface area contributed by atoms with Crippen LogP contribution in [0.1, 0.15) is 104 Å². The van der Waals surface area contributed by atoms with Crippen LogP contribution in [-0.4, -0.2) is 107 Å². The molecule has 1 aliphatic heterocycles. The molecule has 3 aromatic rings. The van der Waals surface area contributed by atoms with Crippen molar-refractivity contribution in [3.63, 3.8) is 0 Å². The lowest BCUT2D eigenvalue weighted by molar-refractivity contribution is -0.160. The van der Waals surface area contributed by atoms with Gasteiger partial charge in [0.15, 0.2) is 17.2 Å². The number of carbonyl (C=O) groups excluding carboxylic acids is 3. The molecule has 62 heavy (non-hydrogen) atoms. The van der Waals surface area contributed by atoms with Gasteiger partial charge in [-0.2, -0.15) is 0 Å². The van der Waals surface area contributed by atoms with Crippen molar-refractivity contribution in [1.82, 2.24) is 19.9 Å². The first-order valence-electron chi connectivity index (χ1n) is 21.3. The Morgan fingerprint density at radius 3 is 2.35 bits per heavy atom. The van der Waals surface area contributed by atoms with E-state index in [1.165, 1.54) is 30.8 Å². The van der Waals surface area contributed by atoms with Crippen LogP contribution in [-0.2, 0) is 33.3 Å². The number of methoxy groups -OCH3 is 3. The lowest BCUT2D eigenvalue weighted by Gasteiger charge is -2.33. The maximum absolute atomic E-state index is 13.6. The Hall–Kier alpha value is -4.74. The van der Waals surface area contributed by atoms with E-state index in [0.29, 0.717) is 67.1 Å². The second-order valence-corrected chi connectivity index (χ2v) is 16.8. The molecular weight excluding hydrogens is 801 g/mol. The molecule has 3 aromatic heterocycles. The molecular formula is C46H66N4O12. The highest BCUT2D eigenvalue weighted by Crippen LogP contribution is 2.34. The van der Waals surface area contributed by atoms with Crippen LogP contribution in [0, 0.1) is 29.6 Å². The summed E-state index contributed by atoms with van der Waals surface area (Å²) in [6.45, 7) is 11.4. The number of hydrogen-bond acceptors (Lipinski definition) is 15. The van der Waals surface area contributed by atoms with Gasteiger partial charge in [0.05, 0.1) is 30.8 Å². The zero-order chi connectivity index (χ0) is 45.5. The molecule has 0 saturated heterocycles. The number of hydrogen-bond donors (Lipinski definition) is 2. The standard InChI is InChI=1S/C46H66N4O12/c1-27(16-17-50(7)26-51)18-30(4)37(53)15-14-29(3)40(57-9)22-41-32(6)39(56-8)12-11-13-42-47-35(24-59-42)45-49-36(25-61-45)46-48-34(23-60-46)44(58-10)31(5)38(54)20-28(2)19-33(52)21-43(55)62-41/h11,13,16-18,23-29,31-33,38-41,44,52,54H,12,14-15,19-22H2,1-10H3/b13-11?,17-16+,30-18+/t27-,28+,29+,31+,32-,33+,38+,39+,40+,41+,44-/m1/s1. The third-order valence-corrected chi connectivity index (χ3v) is 11.7. The van der Waals surface area contributed by atoms with Crippen LogP contribution in [0.4, 0.5) is 0 Å². The van der Waals surface area contributed by atoms with Gasteiger partial charge in [-0.1, -0.05) is 52.8 Å². The Kier molecular flexibility index (Phi) is 19.5. The zero-order valence-corrected chi connectivity index (χ0v) is 37.8. The number of fused-ring (bicyclic) bond motifs is 8. The Labute approximate surface area is 364 Å². The molecule has 1 amide bonds. The number of Topliss-reactive ketones (excluding diaryl/α,β-unsaturated/α-hetero) is 1. The van der Waals surface area contributed by atoms with E-state index in [-0.39, 0.29) is 60.2 Å². The smallest absolute Gasteiger partial charge is 0.308 e. The molecule has 0 aromatic carbocycles. The van der Waals surface area contributed by atoms with Crippen molar-refractivity contribution in [1.29, 1.82) is 0 Å². The van der Waals surface area contributed by atoms with Crippen LogP contribution in [0.25, 0.3) is 29.2 Å². The number of carbonyl (C=O) groups is 3. The van der Waals surface area contributed by atoms with E-state index in [4.69, 9.17) is 32.2 Å². The third kappa shape index (κ3) is 14.4. The number of ether oxygens (including phenoxy) is 4. The van der Waals surface area contributed by atoms with Crippen LogP contribution in [0.5, 0.6) is 0 Å². The van der Waals surface area contributed by atoms with E-state index in [2.05, 4.69) is 15.0 Å². The number of allylic oxidation sites excluding steroid dienone is 3. The maximum atomic E-state index is 13.6. The Bertz CT molecular complexity index is 1950. The fourth-order valence-electron chi connectivity index (χ4n) is 7.79. The van der Waals surface area contributed by atoms with Gasteiger partial charge in [-0.15, -0.1) is 0 Å². The predicted molar refractivity (Wildman–Crippen MR) is 230 cm³/mol. The van der Waals surface area contributed by atoms with E-state index in [9.17, 15) is 24.6 Å². The van der Waals surface area contributed by atoms with Crippen molar-refractivity contribution in [2.75, 3.05) is 28.4 Å². The molecule has 16 nitrogen and oxygen atoms in total. The molecule has 2 N–H and O–H groups in total. The van der Waals surface area contributed by atoms with Gasteiger partial charge in [0.25, 0.3) is 0 Å². The van der Waals surface area contributed by atoms with Gasteiger partial charge in [0.2, 0.25) is 24.1 Å². The van der Waals surface area contributed by atoms with Gasteiger partial charge >= 0.3 is 5.97 Å². The van der Waals surface area contributed by atoms with E-state index in [1.54, 1.807) is 40.5 Å². The molecule has 4 rings (SSSR count). The molecule has 6 bridgehead atoms. The molecule has 4 heterocycles. The molecule has 11 atom stereocenters. The van der Waals surface area contributed by atoms with Gasteiger partial charge in [-0.3, -0.25) is 14.4 Å². The van der Waals surface area contributed by atoms with Crippen LogP contribution in [0.15, 0.2) is 62.0 Å². The lowest BCUT2D eigenvalue weighted by Crippen LogP contribution is -2.39. The number of rotatable bonds is 14. The number of aliphatic hydroxyl groups is 2. The minimum Gasteiger partial charge on any atom is -0.462 e. The van der Waals surface area contributed by atoms with Crippen LogP contribution < -0.4 is 0 Å². The molecule has 0 radical (unpaired) electrons. The number of aromatic nitrogens is 3. The highest BCUT2D eigenvalue weighted by molar-refractivity contribution is 5.94. The van der Waals surface area contributed by atoms with Crippen LogP contribution in [0.3, 0.4) is 0 Å². The fraction of sp³-hybridized carbons (Fsp3) is 0.609. The third-order valence-electron chi connectivity index (χ3n) is 11.7. The summed E-state index contributed by atoms with van der Waals surface area (Å²) in [6, 6.07) is 0. The summed E-state index contributed by atoms with van der Waals surface area (Å²) in [5.74, 6) is -0.899. The largest absolute Gasteiger partial charge is 0.462 e. The molecule has 0 aliphatic carbocycles. The van der Waals surface area contributed by atoms with E-state index in [0.717, 1.165) is 0 Å². The van der Waals surface area contributed by atoms with Crippen molar-refractivity contribution < 1.29 is 56.8 Å². The van der Waals surface area contributed by atoms with E-state index >= 15 is 0 Å². The monoisotopic (exact) mass is 866 g/mol. The summed E-state index contributed by atoms with van der Waals surface area (Å²) >= 11 is 0. The number of ketones is 1. The van der Waals surface area contributed by atoms with Crippen molar-refractivity contribution >= 4 is 24.2 Å². The fourth-order valence-corrected chi connectivity index (χ4v) is 7.79. The first-order valence-corrected chi connectivity index (χ1v) is 21.3. The predicted octanol–water partition coefficient (Wildman–Crippen LogP) is 7.39. The highest BCUT2D eigenvalue weighted by atomic mass is 16.6. The van der Waals surface area contributed by atoms with Crippen molar-refractivity contribution in [2.45, 2.75) is 123 Å². The summed E-state index contributed by atoms with van der Waals surface area (Å²) in [5, 5.41) is 22.4. The van der Waals surface area contributed by atoms with Crippen LogP contribution >= 0.6 is 0 Å². The first kappa shape index (κ1) is 49.9. The summed E-state index contributed by atoms with van der Waals surface area (Å²) in [4.78, 5) is 52.7. The second kappa shape index (κ2) is 24.2. The van der Waals surface area contributed by atoms with E-state index < -0.39 is 42.4 Å². The summed E-state index contributed by atoms with van der Waals surface area (Å²) in [6.07, 6.45) is 11.9. The van der Waals surface area contributed by atoms with Gasteiger partial charge < -0.3 is 47.3 Å². The minimum absolute atomic E-state index is 0.0116. The Morgan fingerprint density at radius 1 is 0.968 bits per heavy atom. The van der Waals surface area contributed by atoms with Gasteiger partial charge in [-0.25, -0.2) is 15.0 Å². The van der Waals surface area contributed by atoms with Crippen molar-refractivity contribution in [3.05, 3.63) is 60.4 Å². The van der Waals surface area contributed by atoms with Gasteiger partial charge in [-0.05, 0) is 62.0 Å². The minimum atomic E-state index is -1.02. The normalized spacial score (nSPS) is 26.3. The van der Waals surface area contributed by atoms with Crippen LogP contribution in [0.2, 0.25) is 0 Å². The topological polar surface area (TPSA) is 210 Å². The highest BCUT2D eigenvalue weighted by Gasteiger charge is 2.34. The maximum Gasteiger partial charge on any atom is 0.308 e. The number of amides is 1. The second-order valence-electron chi connectivity index (χ2n) is 16.8. The number of oxazole rings is 3. The average molecular weight is 867 g/mol. The summed E-state index contributed by atoms with van der Waals surface area (Å²) in [7, 11) is 6.37. The number of cyclic esters (lactones) is 1. The quantitative estimate of drug-likeness (QED) is 0.0919. The number of aliphatic hydroxyl groups excluding tert-OH is 2. The lowest BCUT2D eigenvalue weighted by atomic mass is 9.86. The Morgan fingerprint density at radius 2 is 1.66 bits per heavy atom. The molecule has 342 valence electrons. The molecule has 16 heteroatoms. The van der Waals surface area contributed by atoms with Gasteiger partial charge in [0, 0.05) is 59.3 Å². The summed E-state index contributed by atoms with van der Waals surface area (Å²) in [5.41, 5.74) is 1.80. The van der Waals surface area contributed by atoms with Crippen molar-refractivity contribution in [3.8, 4) is 23.2 Å². The number of esters is 1.